The second-order valence-corrected chi connectivity index (χ2v) is 10.2. The highest BCUT2D eigenvalue weighted by Crippen LogP contribution is 2.24. The molecule has 0 atom stereocenters. The molecule has 1 saturated heterocycles. The number of aromatic nitrogens is 5. The van der Waals surface area contributed by atoms with Crippen LogP contribution in [0.3, 0.4) is 0 Å². The lowest BCUT2D eigenvalue weighted by Crippen LogP contribution is -2.40. The van der Waals surface area contributed by atoms with Crippen molar-refractivity contribution in [3.8, 4) is 0 Å². The Labute approximate surface area is 196 Å². The summed E-state index contributed by atoms with van der Waals surface area (Å²) in [5, 5.41) is 8.75. The minimum atomic E-state index is -3.64. The number of ether oxygens (including phenoxy) is 1. The number of morpholine rings is 1. The van der Waals surface area contributed by atoms with Crippen LogP contribution in [0.2, 0.25) is 0 Å². The molecular formula is C23H26N6O4S. The number of fused-ring (bicyclic) bond motifs is 2. The first kappa shape index (κ1) is 22.6. The molecule has 0 amide bonds. The third-order valence-corrected chi connectivity index (χ3v) is 7.96. The lowest BCUT2D eigenvalue weighted by Gasteiger charge is -2.26. The van der Waals surface area contributed by atoms with E-state index in [1.165, 1.54) is 8.99 Å². The minimum absolute atomic E-state index is 0.139. The largest absolute Gasteiger partial charge is 0.379 e. The molecule has 0 radical (unpaired) electrons. The maximum absolute atomic E-state index is 13.1. The molecule has 4 aromatic rings. The Balaban J connectivity index is 1.56. The predicted octanol–water partition coefficient (Wildman–Crippen LogP) is 2.01. The maximum atomic E-state index is 13.1. The molecule has 1 aliphatic heterocycles. The molecule has 0 bridgehead atoms. The van der Waals surface area contributed by atoms with E-state index >= 15 is 0 Å². The molecule has 11 heteroatoms. The van der Waals surface area contributed by atoms with Crippen molar-refractivity contribution in [3.05, 3.63) is 58.6 Å². The van der Waals surface area contributed by atoms with Crippen molar-refractivity contribution in [2.75, 3.05) is 26.3 Å². The third kappa shape index (κ3) is 4.10. The summed E-state index contributed by atoms with van der Waals surface area (Å²) in [5.41, 5.74) is 1.70. The van der Waals surface area contributed by atoms with Crippen molar-refractivity contribution in [1.29, 1.82) is 0 Å². The fraction of sp³-hybridized carbons (Fsp3) is 0.391. The second-order valence-electron chi connectivity index (χ2n) is 8.27. The van der Waals surface area contributed by atoms with E-state index in [2.05, 4.69) is 17.2 Å². The standard InChI is InChI=1S/C23H26N6O4S/c1-2-3-10-28-21-9-8-17(34(31,32)27-11-13-33-14-12-27)15-20(21)24-22(28)16-29-23(30)18-6-4-5-7-19(18)25-26-29/h4-9,15H,2-3,10-14,16H2,1H3. The van der Waals surface area contributed by atoms with Gasteiger partial charge in [-0.1, -0.05) is 30.7 Å². The first-order valence-corrected chi connectivity index (χ1v) is 12.8. The van der Waals surface area contributed by atoms with Gasteiger partial charge in [-0.2, -0.15) is 4.31 Å². The monoisotopic (exact) mass is 482 g/mol. The number of aryl methyl sites for hydroxylation is 1. The first-order chi connectivity index (χ1) is 16.5. The Bertz CT molecular complexity index is 1510. The van der Waals surface area contributed by atoms with Crippen LogP contribution in [0, 0.1) is 0 Å². The normalized spacial score (nSPS) is 15.3. The van der Waals surface area contributed by atoms with Gasteiger partial charge in [0.2, 0.25) is 10.0 Å². The highest BCUT2D eigenvalue weighted by molar-refractivity contribution is 7.89. The molecule has 178 valence electrons. The van der Waals surface area contributed by atoms with Gasteiger partial charge < -0.3 is 9.30 Å². The summed E-state index contributed by atoms with van der Waals surface area (Å²) in [6.07, 6.45) is 1.91. The molecule has 0 aliphatic carbocycles. The molecule has 1 aliphatic rings. The highest BCUT2D eigenvalue weighted by Gasteiger charge is 2.27. The zero-order valence-electron chi connectivity index (χ0n) is 18.9. The topological polar surface area (TPSA) is 112 Å². The fourth-order valence-electron chi connectivity index (χ4n) is 4.20. The fourth-order valence-corrected chi connectivity index (χ4v) is 5.63. The Morgan fingerprint density at radius 2 is 1.85 bits per heavy atom. The number of hydrogen-bond acceptors (Lipinski definition) is 7. The number of hydrogen-bond donors (Lipinski definition) is 0. The van der Waals surface area contributed by atoms with Crippen molar-refractivity contribution in [3.63, 3.8) is 0 Å². The molecule has 5 rings (SSSR count). The predicted molar refractivity (Wildman–Crippen MR) is 127 cm³/mol. The van der Waals surface area contributed by atoms with E-state index in [0.29, 0.717) is 55.1 Å². The van der Waals surface area contributed by atoms with Crippen molar-refractivity contribution in [2.45, 2.75) is 37.8 Å². The molecule has 2 aromatic heterocycles. The summed E-state index contributed by atoms with van der Waals surface area (Å²) in [6.45, 7) is 4.39. The summed E-state index contributed by atoms with van der Waals surface area (Å²) in [4.78, 5) is 17.9. The quantitative estimate of drug-likeness (QED) is 0.396. The van der Waals surface area contributed by atoms with Gasteiger partial charge in [-0.25, -0.2) is 18.1 Å². The molecule has 1 fully saturated rings. The van der Waals surface area contributed by atoms with Crippen molar-refractivity contribution < 1.29 is 13.2 Å². The lowest BCUT2D eigenvalue weighted by atomic mass is 10.2. The van der Waals surface area contributed by atoms with E-state index in [1.54, 1.807) is 36.4 Å². The summed E-state index contributed by atoms with van der Waals surface area (Å²) >= 11 is 0. The molecule has 0 saturated carbocycles. The van der Waals surface area contributed by atoms with Crippen molar-refractivity contribution >= 4 is 32.0 Å². The molecule has 0 spiro atoms. The Morgan fingerprint density at radius 3 is 2.65 bits per heavy atom. The van der Waals surface area contributed by atoms with E-state index in [9.17, 15) is 13.2 Å². The van der Waals surface area contributed by atoms with Gasteiger partial charge in [0.25, 0.3) is 5.56 Å². The van der Waals surface area contributed by atoms with Crippen LogP contribution < -0.4 is 5.56 Å². The number of nitrogens with zero attached hydrogens (tertiary/aromatic N) is 6. The van der Waals surface area contributed by atoms with Crippen LogP contribution in [-0.4, -0.2) is 63.6 Å². The highest BCUT2D eigenvalue weighted by atomic mass is 32.2. The second kappa shape index (κ2) is 9.24. The molecule has 3 heterocycles. The van der Waals surface area contributed by atoms with Crippen LogP contribution in [0.25, 0.3) is 21.9 Å². The van der Waals surface area contributed by atoms with Crippen LogP contribution in [0.4, 0.5) is 0 Å². The van der Waals surface area contributed by atoms with Crippen molar-refractivity contribution in [2.24, 2.45) is 0 Å². The number of unbranched alkanes of at least 4 members (excludes halogenated alkanes) is 1. The number of rotatable bonds is 7. The number of sulfonamides is 1. The smallest absolute Gasteiger partial charge is 0.278 e. The van der Waals surface area contributed by atoms with Gasteiger partial charge in [0.15, 0.2) is 0 Å². The van der Waals surface area contributed by atoms with Gasteiger partial charge in [0.05, 0.1) is 34.5 Å². The molecular weight excluding hydrogens is 456 g/mol. The van der Waals surface area contributed by atoms with E-state index < -0.39 is 10.0 Å². The Morgan fingerprint density at radius 1 is 1.06 bits per heavy atom. The van der Waals surface area contributed by atoms with Gasteiger partial charge >= 0.3 is 0 Å². The van der Waals surface area contributed by atoms with E-state index in [-0.39, 0.29) is 17.0 Å². The molecule has 10 nitrogen and oxygen atoms in total. The summed E-state index contributed by atoms with van der Waals surface area (Å²) < 4.78 is 36.3. The van der Waals surface area contributed by atoms with Gasteiger partial charge in [0, 0.05) is 19.6 Å². The summed E-state index contributed by atoms with van der Waals surface area (Å²) in [5.74, 6) is 0.635. The maximum Gasteiger partial charge on any atom is 0.278 e. The van der Waals surface area contributed by atoms with Crippen LogP contribution in [0.5, 0.6) is 0 Å². The van der Waals surface area contributed by atoms with Gasteiger partial charge in [0.1, 0.15) is 17.9 Å². The van der Waals surface area contributed by atoms with Crippen molar-refractivity contribution in [1.82, 2.24) is 28.9 Å². The van der Waals surface area contributed by atoms with Crippen LogP contribution >= 0.6 is 0 Å². The number of benzene rings is 2. The van der Waals surface area contributed by atoms with Crippen LogP contribution in [0.1, 0.15) is 25.6 Å². The number of imidazole rings is 1. The van der Waals surface area contributed by atoms with Gasteiger partial charge in [-0.05, 0) is 36.8 Å². The third-order valence-electron chi connectivity index (χ3n) is 6.06. The zero-order chi connectivity index (χ0) is 23.7. The summed E-state index contributed by atoms with van der Waals surface area (Å²) in [7, 11) is -3.64. The van der Waals surface area contributed by atoms with E-state index in [1.807, 2.05) is 10.6 Å². The van der Waals surface area contributed by atoms with Crippen LogP contribution in [0.15, 0.2) is 52.2 Å². The lowest BCUT2D eigenvalue weighted by molar-refractivity contribution is 0.0730. The molecule has 0 unspecified atom stereocenters. The Kier molecular flexibility index (Phi) is 6.15. The molecule has 34 heavy (non-hydrogen) atoms. The average molecular weight is 483 g/mol. The molecule has 2 aromatic carbocycles. The summed E-state index contributed by atoms with van der Waals surface area (Å²) in [6, 6.07) is 12.1. The SMILES string of the molecule is CCCCn1c(Cn2nnc3ccccc3c2=O)nc2cc(S(=O)(=O)N3CCOCC3)ccc21. The van der Waals surface area contributed by atoms with E-state index in [0.717, 1.165) is 18.4 Å². The minimum Gasteiger partial charge on any atom is -0.379 e. The zero-order valence-corrected chi connectivity index (χ0v) is 19.7. The van der Waals surface area contributed by atoms with E-state index in [4.69, 9.17) is 9.72 Å². The van der Waals surface area contributed by atoms with Crippen LogP contribution in [-0.2, 0) is 27.8 Å². The average Bonchev–Trinajstić information content (AvgIpc) is 3.21. The molecule has 0 N–H and O–H groups in total. The van der Waals surface area contributed by atoms with Gasteiger partial charge in [-0.15, -0.1) is 5.10 Å². The first-order valence-electron chi connectivity index (χ1n) is 11.4. The van der Waals surface area contributed by atoms with Gasteiger partial charge in [-0.3, -0.25) is 4.79 Å². The Hall–Kier alpha value is -3.15.